The summed E-state index contributed by atoms with van der Waals surface area (Å²) in [5.41, 5.74) is 13.3. The Morgan fingerprint density at radius 2 is 0.451 bits per heavy atom. The van der Waals surface area contributed by atoms with Gasteiger partial charge in [0.05, 0.1) is 0 Å². The minimum atomic E-state index is 0. The first-order valence-corrected chi connectivity index (χ1v) is 32.1. The summed E-state index contributed by atoms with van der Waals surface area (Å²) in [5, 5.41) is 26.1. The third-order valence-electron chi connectivity index (χ3n) is 16.9. The summed E-state index contributed by atoms with van der Waals surface area (Å²) in [6, 6.07) is 99.1. The van der Waals surface area contributed by atoms with E-state index >= 15 is 0 Å². The van der Waals surface area contributed by atoms with Gasteiger partial charge in [0.15, 0.2) is 0 Å². The van der Waals surface area contributed by atoms with Crippen molar-refractivity contribution in [3.63, 3.8) is 0 Å². The SMILES string of the molecule is CCc1cc2c(-c3c4ccccc4cc4ccccc34)ccc(-c3c4ccccc4cc4ccccc34)c2[cH-]1.CCc1cc2c(-c3c4ccccc4cc4ccccc34)ccc(-c3c4ccccc4cc4ccccc34)c2[cH-]1.[CH3-].[CH3-].[Si]=[Zr]. The molecule has 0 aliphatic heterocycles. The van der Waals surface area contributed by atoms with Crippen molar-refractivity contribution in [2.45, 2.75) is 26.7 Å². The molecule has 0 amide bonds. The van der Waals surface area contributed by atoms with Gasteiger partial charge < -0.3 is 14.9 Å². The topological polar surface area (TPSA) is 0 Å². The van der Waals surface area contributed by atoms with Crippen LogP contribution < -0.4 is 0 Å². The second kappa shape index (κ2) is 22.8. The van der Waals surface area contributed by atoms with Crippen LogP contribution in [0.3, 0.4) is 0 Å². The first-order chi connectivity index (χ1) is 39.6. The molecular weight excluding hydrogens is 1080 g/mol. The standard InChI is InChI=1S/2C39H27.2CH3.Si.Zr/c2*1-2-25-21-36-34(38-30-15-7-3-11-26(30)23-27-12-4-8-16-31(27)38)19-20-35(37(36)22-25)39-32-17-9-5-13-28(32)24-29-14-6-10-18-33(29)39;;;;/h2*3-24H,2H2,1H3;2*1H3;;/q4*-1;;. The van der Waals surface area contributed by atoms with E-state index in [9.17, 15) is 0 Å². The average Bonchev–Trinajstić information content (AvgIpc) is 3.95. The molecule has 0 fully saturated rings. The number of aryl methyl sites for hydroxylation is 2. The van der Waals surface area contributed by atoms with Gasteiger partial charge in [-0.3, -0.25) is 0 Å². The number of hydrogen-bond acceptors (Lipinski definition) is 0. The molecule has 82 heavy (non-hydrogen) atoms. The van der Waals surface area contributed by atoms with Gasteiger partial charge in [-0.1, -0.05) is 254 Å². The van der Waals surface area contributed by atoms with Gasteiger partial charge in [-0.25, -0.2) is 0 Å². The van der Waals surface area contributed by atoms with Crippen LogP contribution in [0.15, 0.2) is 267 Å². The molecule has 0 heterocycles. The molecule has 16 rings (SSSR count). The quantitative estimate of drug-likeness (QED) is 0.0884. The Balaban J connectivity index is 0.000000154. The summed E-state index contributed by atoms with van der Waals surface area (Å²) < 4.78 is 0. The van der Waals surface area contributed by atoms with Gasteiger partial charge in [0.25, 0.3) is 0 Å². The van der Waals surface area contributed by atoms with E-state index in [1.165, 1.54) is 187 Å². The Bertz CT molecular complexity index is 4240. The molecule has 0 bridgehead atoms. The van der Waals surface area contributed by atoms with Crippen molar-refractivity contribution < 1.29 is 23.3 Å². The fraction of sp³-hybridized carbons (Fsp3) is 0.0500. The van der Waals surface area contributed by atoms with Crippen molar-refractivity contribution in [1.29, 1.82) is 0 Å². The molecule has 2 radical (unpaired) electrons. The predicted octanol–water partition coefficient (Wildman–Crippen LogP) is 22.7. The van der Waals surface area contributed by atoms with Crippen LogP contribution in [0.4, 0.5) is 0 Å². The van der Waals surface area contributed by atoms with E-state index in [2.05, 4.69) is 288 Å². The van der Waals surface area contributed by atoms with Crippen molar-refractivity contribution in [3.05, 3.63) is 293 Å². The summed E-state index contributed by atoms with van der Waals surface area (Å²) >= 11 is 1.36. The third kappa shape index (κ3) is 9.10. The van der Waals surface area contributed by atoms with Crippen molar-refractivity contribution in [3.8, 4) is 44.5 Å². The van der Waals surface area contributed by atoms with Crippen molar-refractivity contribution in [1.82, 2.24) is 0 Å². The molecule has 0 nitrogen and oxygen atoms in total. The predicted molar refractivity (Wildman–Crippen MR) is 358 cm³/mol. The number of benzene rings is 14. The summed E-state index contributed by atoms with van der Waals surface area (Å²) in [6.07, 6.45) is 2.03. The Morgan fingerprint density at radius 1 is 0.256 bits per heavy atom. The van der Waals surface area contributed by atoms with Crippen LogP contribution >= 0.6 is 0 Å². The van der Waals surface area contributed by atoms with Gasteiger partial charge in [-0.05, 0) is 146 Å². The van der Waals surface area contributed by atoms with Crippen molar-refractivity contribution in [2.75, 3.05) is 0 Å². The molecule has 0 aromatic heterocycles. The van der Waals surface area contributed by atoms with E-state index in [4.69, 9.17) is 0 Å². The molecular formula is C80H60SiZr-4. The van der Waals surface area contributed by atoms with Gasteiger partial charge in [0.1, 0.15) is 0 Å². The fourth-order valence-corrected chi connectivity index (χ4v) is 13.2. The molecule has 16 aromatic carbocycles. The average molecular weight is 1140 g/mol. The van der Waals surface area contributed by atoms with Crippen molar-refractivity contribution >= 4 is 115 Å². The van der Waals surface area contributed by atoms with E-state index in [0.717, 1.165) is 12.8 Å². The zero-order valence-electron chi connectivity index (χ0n) is 46.8. The molecule has 0 saturated carbocycles. The maximum absolute atomic E-state index is 3.06. The second-order valence-electron chi connectivity index (χ2n) is 21.2. The van der Waals surface area contributed by atoms with Crippen LogP contribution in [-0.2, 0) is 36.2 Å². The van der Waals surface area contributed by atoms with E-state index in [1.807, 2.05) is 0 Å². The zero-order chi connectivity index (χ0) is 53.8. The number of hydrogen-bond donors (Lipinski definition) is 0. The first kappa shape index (κ1) is 54.1. The van der Waals surface area contributed by atoms with Crippen LogP contribution in [0.2, 0.25) is 0 Å². The van der Waals surface area contributed by atoms with Gasteiger partial charge in [-0.2, -0.15) is 12.1 Å². The molecule has 0 unspecified atom stereocenters. The molecule has 16 aromatic rings. The monoisotopic (exact) mass is 1140 g/mol. The number of rotatable bonds is 6. The van der Waals surface area contributed by atoms with Crippen LogP contribution in [0.25, 0.3) is 152 Å². The molecule has 392 valence electrons. The molecule has 0 saturated heterocycles. The zero-order valence-corrected chi connectivity index (χ0v) is 50.3. The molecule has 0 aliphatic rings. The third-order valence-corrected chi connectivity index (χ3v) is 16.9. The summed E-state index contributed by atoms with van der Waals surface area (Å²) in [5.74, 6) is 0. The van der Waals surface area contributed by atoms with Crippen LogP contribution in [0.1, 0.15) is 25.0 Å². The Morgan fingerprint density at radius 3 is 0.671 bits per heavy atom. The Kier molecular flexibility index (Phi) is 15.0. The van der Waals surface area contributed by atoms with Gasteiger partial charge in [0, 0.05) is 0 Å². The van der Waals surface area contributed by atoms with Crippen LogP contribution in [0, 0.1) is 14.9 Å². The minimum absolute atomic E-state index is 0. The van der Waals surface area contributed by atoms with E-state index < -0.39 is 0 Å². The molecule has 0 spiro atoms. The van der Waals surface area contributed by atoms with E-state index in [-0.39, 0.29) is 14.9 Å². The Labute approximate surface area is 498 Å². The summed E-state index contributed by atoms with van der Waals surface area (Å²) in [4.78, 5) is 0. The van der Waals surface area contributed by atoms with Gasteiger partial charge in [0.2, 0.25) is 0 Å². The fourth-order valence-electron chi connectivity index (χ4n) is 13.2. The number of fused-ring (bicyclic) bond motifs is 10. The van der Waals surface area contributed by atoms with Crippen LogP contribution in [-0.4, -0.2) is 6.88 Å². The van der Waals surface area contributed by atoms with Crippen LogP contribution in [0.5, 0.6) is 0 Å². The first-order valence-electron chi connectivity index (χ1n) is 27.9. The molecule has 0 atom stereocenters. The van der Waals surface area contributed by atoms with Gasteiger partial charge in [-0.15, -0.1) is 44.8 Å². The molecule has 2 heteroatoms. The van der Waals surface area contributed by atoms with Gasteiger partial charge >= 0.3 is 30.2 Å². The van der Waals surface area contributed by atoms with E-state index in [1.54, 1.807) is 0 Å². The second-order valence-corrected chi connectivity index (χ2v) is 21.2. The molecule has 0 aliphatic carbocycles. The van der Waals surface area contributed by atoms with E-state index in [0.29, 0.717) is 0 Å². The maximum atomic E-state index is 3.06. The summed E-state index contributed by atoms with van der Waals surface area (Å²) in [6.45, 7) is 7.58. The molecule has 0 N–H and O–H groups in total. The summed E-state index contributed by atoms with van der Waals surface area (Å²) in [7, 11) is 0. The van der Waals surface area contributed by atoms with Crippen molar-refractivity contribution in [2.24, 2.45) is 0 Å². The Hall–Kier alpha value is -8.52. The normalized spacial score (nSPS) is 11.3.